The smallest absolute Gasteiger partial charge is 0.291 e. The standard InChI is InChI=1S/C13H16N2O3/c16-10-3-4-14-9(6-10)5-8-1-2-11-12(15-8)7-18-13(11)17/h1-2,7,9-10,14,16-17H,3-6H2. The van der Waals surface area contributed by atoms with E-state index in [2.05, 4.69) is 10.3 Å². The maximum atomic E-state index is 9.62. The van der Waals surface area contributed by atoms with Crippen LogP contribution in [0.4, 0.5) is 0 Å². The second-order valence-electron chi connectivity index (χ2n) is 4.81. The number of fused-ring (bicyclic) bond motifs is 1. The Hall–Kier alpha value is -1.59. The Morgan fingerprint density at radius 1 is 1.44 bits per heavy atom. The summed E-state index contributed by atoms with van der Waals surface area (Å²) in [6.07, 6.45) is 3.60. The van der Waals surface area contributed by atoms with E-state index in [0.29, 0.717) is 10.9 Å². The second kappa shape index (κ2) is 4.59. The first-order chi connectivity index (χ1) is 8.72. The number of aliphatic hydroxyl groups excluding tert-OH is 1. The van der Waals surface area contributed by atoms with Crippen LogP contribution in [0, 0.1) is 0 Å². The van der Waals surface area contributed by atoms with Crippen LogP contribution in [0.5, 0.6) is 5.95 Å². The summed E-state index contributed by atoms with van der Waals surface area (Å²) in [6.45, 7) is 0.848. The number of hydrogen-bond donors (Lipinski definition) is 3. The monoisotopic (exact) mass is 248 g/mol. The van der Waals surface area contributed by atoms with Crippen molar-refractivity contribution >= 4 is 10.9 Å². The van der Waals surface area contributed by atoms with E-state index >= 15 is 0 Å². The lowest BCUT2D eigenvalue weighted by atomic mass is 9.98. The van der Waals surface area contributed by atoms with E-state index in [1.807, 2.05) is 12.1 Å². The van der Waals surface area contributed by atoms with Crippen LogP contribution >= 0.6 is 0 Å². The maximum absolute atomic E-state index is 9.62. The second-order valence-corrected chi connectivity index (χ2v) is 4.81. The van der Waals surface area contributed by atoms with Gasteiger partial charge < -0.3 is 19.9 Å². The van der Waals surface area contributed by atoms with Gasteiger partial charge in [0.1, 0.15) is 11.8 Å². The van der Waals surface area contributed by atoms with E-state index in [1.165, 1.54) is 6.26 Å². The summed E-state index contributed by atoms with van der Waals surface area (Å²) in [7, 11) is 0. The molecule has 3 heterocycles. The van der Waals surface area contributed by atoms with Gasteiger partial charge in [0.15, 0.2) is 0 Å². The highest BCUT2D eigenvalue weighted by molar-refractivity contribution is 5.82. The van der Waals surface area contributed by atoms with Crippen LogP contribution in [-0.4, -0.2) is 33.9 Å². The topological polar surface area (TPSA) is 78.5 Å². The van der Waals surface area contributed by atoms with Crippen molar-refractivity contribution in [3.8, 4) is 5.95 Å². The molecule has 0 saturated carbocycles. The molecule has 0 aliphatic carbocycles. The SMILES string of the molecule is Oc1occ2nc(CC3CC(O)CCN3)ccc12. The average molecular weight is 248 g/mol. The molecule has 1 aliphatic heterocycles. The Morgan fingerprint density at radius 2 is 2.33 bits per heavy atom. The Balaban J connectivity index is 1.78. The van der Waals surface area contributed by atoms with Crippen LogP contribution in [0.2, 0.25) is 0 Å². The van der Waals surface area contributed by atoms with Crippen LogP contribution in [-0.2, 0) is 6.42 Å². The predicted octanol–water partition coefficient (Wildman–Crippen LogP) is 1.19. The number of pyridine rings is 1. The molecule has 0 amide bonds. The van der Waals surface area contributed by atoms with Crippen molar-refractivity contribution in [3.05, 3.63) is 24.1 Å². The number of nitrogens with one attached hydrogen (secondary N) is 1. The van der Waals surface area contributed by atoms with Crippen molar-refractivity contribution in [2.24, 2.45) is 0 Å². The minimum Gasteiger partial charge on any atom is -0.480 e. The number of aromatic hydroxyl groups is 1. The van der Waals surface area contributed by atoms with Crippen LogP contribution in [0.15, 0.2) is 22.8 Å². The summed E-state index contributed by atoms with van der Waals surface area (Å²) in [5, 5.41) is 23.0. The normalized spacial score (nSPS) is 24.5. The molecule has 96 valence electrons. The van der Waals surface area contributed by atoms with E-state index in [9.17, 15) is 10.2 Å². The molecule has 1 saturated heterocycles. The van der Waals surface area contributed by atoms with Crippen LogP contribution in [0.25, 0.3) is 10.9 Å². The fourth-order valence-electron chi connectivity index (χ4n) is 2.47. The molecule has 1 aliphatic rings. The van der Waals surface area contributed by atoms with E-state index < -0.39 is 0 Å². The molecule has 2 aromatic heterocycles. The van der Waals surface area contributed by atoms with Crippen molar-refractivity contribution in [3.63, 3.8) is 0 Å². The van der Waals surface area contributed by atoms with Crippen molar-refractivity contribution in [2.75, 3.05) is 6.54 Å². The van der Waals surface area contributed by atoms with Gasteiger partial charge in [0.2, 0.25) is 0 Å². The molecule has 3 N–H and O–H groups in total. The van der Waals surface area contributed by atoms with Gasteiger partial charge in [0, 0.05) is 18.2 Å². The molecular weight excluding hydrogens is 232 g/mol. The van der Waals surface area contributed by atoms with E-state index in [-0.39, 0.29) is 18.1 Å². The van der Waals surface area contributed by atoms with Crippen LogP contribution < -0.4 is 5.32 Å². The largest absolute Gasteiger partial charge is 0.480 e. The van der Waals surface area contributed by atoms with Gasteiger partial charge in [-0.15, -0.1) is 0 Å². The summed E-state index contributed by atoms with van der Waals surface area (Å²) < 4.78 is 4.91. The highest BCUT2D eigenvalue weighted by Gasteiger charge is 2.20. The molecule has 5 nitrogen and oxygen atoms in total. The minimum absolute atomic E-state index is 0.0877. The molecule has 2 aromatic rings. The summed E-state index contributed by atoms with van der Waals surface area (Å²) in [6, 6.07) is 3.97. The number of aromatic nitrogens is 1. The van der Waals surface area contributed by atoms with E-state index in [0.717, 1.165) is 31.5 Å². The molecule has 0 radical (unpaired) electrons. The molecule has 2 unspecified atom stereocenters. The zero-order valence-corrected chi connectivity index (χ0v) is 9.97. The molecule has 1 fully saturated rings. The fraction of sp³-hybridized carbons (Fsp3) is 0.462. The third-order valence-electron chi connectivity index (χ3n) is 3.42. The van der Waals surface area contributed by atoms with Gasteiger partial charge in [-0.25, -0.2) is 4.98 Å². The first-order valence-corrected chi connectivity index (χ1v) is 6.20. The van der Waals surface area contributed by atoms with E-state index in [4.69, 9.17) is 4.42 Å². The average Bonchev–Trinajstić information content (AvgIpc) is 2.71. The molecule has 5 heteroatoms. The zero-order chi connectivity index (χ0) is 12.5. The summed E-state index contributed by atoms with van der Waals surface area (Å²) in [4.78, 5) is 4.44. The molecule has 0 aromatic carbocycles. The van der Waals surface area contributed by atoms with Gasteiger partial charge in [-0.1, -0.05) is 0 Å². The molecule has 18 heavy (non-hydrogen) atoms. The number of hydrogen-bond acceptors (Lipinski definition) is 5. The Labute approximate surface area is 104 Å². The van der Waals surface area contributed by atoms with Gasteiger partial charge in [0.25, 0.3) is 5.95 Å². The lowest BCUT2D eigenvalue weighted by molar-refractivity contribution is 0.116. The third-order valence-corrected chi connectivity index (χ3v) is 3.42. The van der Waals surface area contributed by atoms with Crippen molar-refractivity contribution in [2.45, 2.75) is 31.4 Å². The molecular formula is C13H16N2O3. The molecule has 0 bridgehead atoms. The first-order valence-electron chi connectivity index (χ1n) is 6.20. The quantitative estimate of drug-likeness (QED) is 0.744. The lowest BCUT2D eigenvalue weighted by Crippen LogP contribution is -2.41. The van der Waals surface area contributed by atoms with Crippen molar-refractivity contribution < 1.29 is 14.6 Å². The first kappa shape index (κ1) is 11.5. The molecule has 2 atom stereocenters. The highest BCUT2D eigenvalue weighted by Crippen LogP contribution is 2.25. The van der Waals surface area contributed by atoms with E-state index in [1.54, 1.807) is 0 Å². The Kier molecular flexibility index (Phi) is 2.93. The van der Waals surface area contributed by atoms with Gasteiger partial charge in [-0.05, 0) is 31.5 Å². The van der Waals surface area contributed by atoms with Gasteiger partial charge in [-0.3, -0.25) is 0 Å². The molecule has 3 rings (SSSR count). The van der Waals surface area contributed by atoms with Crippen molar-refractivity contribution in [1.82, 2.24) is 10.3 Å². The fourth-order valence-corrected chi connectivity index (χ4v) is 2.47. The van der Waals surface area contributed by atoms with Crippen molar-refractivity contribution in [1.29, 1.82) is 0 Å². The summed E-state index contributed by atoms with van der Waals surface area (Å²) >= 11 is 0. The van der Waals surface area contributed by atoms with Gasteiger partial charge >= 0.3 is 0 Å². The number of piperidine rings is 1. The predicted molar refractivity (Wildman–Crippen MR) is 66.4 cm³/mol. The van der Waals surface area contributed by atoms with Gasteiger partial charge in [0.05, 0.1) is 11.5 Å². The minimum atomic E-state index is -0.210. The number of aliphatic hydroxyl groups is 1. The Morgan fingerprint density at radius 3 is 3.17 bits per heavy atom. The van der Waals surface area contributed by atoms with Crippen LogP contribution in [0.1, 0.15) is 18.5 Å². The maximum Gasteiger partial charge on any atom is 0.291 e. The molecule has 0 spiro atoms. The summed E-state index contributed by atoms with van der Waals surface area (Å²) in [5.41, 5.74) is 1.61. The lowest BCUT2D eigenvalue weighted by Gasteiger charge is -2.27. The summed E-state index contributed by atoms with van der Waals surface area (Å²) in [5.74, 6) is -0.0877. The highest BCUT2D eigenvalue weighted by atomic mass is 16.5. The number of nitrogens with zero attached hydrogens (tertiary/aromatic N) is 1. The third kappa shape index (κ3) is 2.19. The van der Waals surface area contributed by atoms with Crippen LogP contribution in [0.3, 0.4) is 0 Å². The van der Waals surface area contributed by atoms with Gasteiger partial charge in [-0.2, -0.15) is 0 Å². The zero-order valence-electron chi connectivity index (χ0n) is 9.97. The number of furan rings is 1. The number of rotatable bonds is 2. The Bertz CT molecular complexity index is 552.